The van der Waals surface area contributed by atoms with Gasteiger partial charge in [0, 0.05) is 31.6 Å². The Morgan fingerprint density at radius 2 is 1.75 bits per heavy atom. The highest BCUT2D eigenvalue weighted by Gasteiger charge is 2.36. The smallest absolute Gasteiger partial charge is 0.425 e. The van der Waals surface area contributed by atoms with Crippen LogP contribution in [0, 0.1) is 5.92 Å². The second kappa shape index (κ2) is 6.93. The van der Waals surface area contributed by atoms with Crippen LogP contribution in [-0.4, -0.2) is 41.0 Å². The first-order valence-corrected chi connectivity index (χ1v) is 7.58. The van der Waals surface area contributed by atoms with Crippen molar-refractivity contribution in [3.63, 3.8) is 0 Å². The van der Waals surface area contributed by atoms with Crippen molar-refractivity contribution in [1.82, 2.24) is 5.06 Å². The van der Waals surface area contributed by atoms with E-state index in [1.165, 1.54) is 0 Å². The molecule has 10 heteroatoms. The first-order chi connectivity index (χ1) is 11.2. The van der Waals surface area contributed by atoms with Crippen LogP contribution in [0.15, 0.2) is 10.2 Å². The van der Waals surface area contributed by atoms with Gasteiger partial charge in [-0.15, -0.1) is 0 Å². The van der Waals surface area contributed by atoms with Gasteiger partial charge in [-0.3, -0.25) is 19.2 Å². The quantitative estimate of drug-likeness (QED) is 0.392. The van der Waals surface area contributed by atoms with Crippen molar-refractivity contribution in [3.05, 3.63) is 0 Å². The number of hydroxylamine groups is 2. The standard InChI is InChI=1S/C14H19N3O7/c1-8(2)12(22-11(20)6-7-14(3)15-16-14)23-13(21)24-17-9(18)4-5-10(17)19/h8,12H,4-7H2,1-3H3. The normalized spacial score (nSPS) is 19.4. The number of carbonyl (C=O) groups is 4. The van der Waals surface area contributed by atoms with Gasteiger partial charge in [-0.25, -0.2) is 4.79 Å². The Labute approximate surface area is 138 Å². The van der Waals surface area contributed by atoms with E-state index in [2.05, 4.69) is 15.1 Å². The molecule has 0 aromatic heterocycles. The van der Waals surface area contributed by atoms with Crippen molar-refractivity contribution in [1.29, 1.82) is 0 Å². The minimum atomic E-state index is -1.29. The zero-order valence-corrected chi connectivity index (χ0v) is 13.7. The summed E-state index contributed by atoms with van der Waals surface area (Å²) in [5.41, 5.74) is -0.525. The molecule has 1 unspecified atom stereocenters. The van der Waals surface area contributed by atoms with Gasteiger partial charge >= 0.3 is 12.1 Å². The van der Waals surface area contributed by atoms with Crippen molar-refractivity contribution >= 4 is 23.9 Å². The summed E-state index contributed by atoms with van der Waals surface area (Å²) in [5, 5.41) is 7.93. The predicted molar refractivity (Wildman–Crippen MR) is 75.9 cm³/mol. The molecule has 0 aromatic carbocycles. The zero-order chi connectivity index (χ0) is 17.9. The first kappa shape index (κ1) is 17.8. The third-order valence-corrected chi connectivity index (χ3v) is 3.42. The zero-order valence-electron chi connectivity index (χ0n) is 13.7. The lowest BCUT2D eigenvalue weighted by Crippen LogP contribution is -2.36. The molecule has 0 aliphatic carbocycles. The Kier molecular flexibility index (Phi) is 5.15. The van der Waals surface area contributed by atoms with Gasteiger partial charge in [0.15, 0.2) is 5.66 Å². The summed E-state index contributed by atoms with van der Waals surface area (Å²) < 4.78 is 9.98. The molecule has 2 heterocycles. The second-order valence-corrected chi connectivity index (χ2v) is 6.06. The Bertz CT molecular complexity index is 565. The van der Waals surface area contributed by atoms with Crippen LogP contribution < -0.4 is 0 Å². The van der Waals surface area contributed by atoms with Gasteiger partial charge in [0.05, 0.1) is 0 Å². The average Bonchev–Trinajstić information content (AvgIpc) is 3.17. The molecule has 0 N–H and O–H groups in total. The van der Waals surface area contributed by atoms with Crippen LogP contribution in [0.4, 0.5) is 4.79 Å². The van der Waals surface area contributed by atoms with Crippen LogP contribution in [0.25, 0.3) is 0 Å². The van der Waals surface area contributed by atoms with E-state index in [-0.39, 0.29) is 25.2 Å². The van der Waals surface area contributed by atoms with E-state index in [9.17, 15) is 19.2 Å². The summed E-state index contributed by atoms with van der Waals surface area (Å²) in [6, 6.07) is 0. The van der Waals surface area contributed by atoms with E-state index in [0.29, 0.717) is 11.5 Å². The molecule has 2 aliphatic rings. The van der Waals surface area contributed by atoms with Crippen LogP contribution in [0.3, 0.4) is 0 Å². The SMILES string of the molecule is CC(C)C(OC(=O)CCC1(C)N=N1)OC(=O)ON1C(=O)CCC1=O. The van der Waals surface area contributed by atoms with E-state index in [0.717, 1.165) is 0 Å². The minimum absolute atomic E-state index is 0.0242. The first-order valence-electron chi connectivity index (χ1n) is 7.58. The summed E-state index contributed by atoms with van der Waals surface area (Å²) in [4.78, 5) is 50.8. The third-order valence-electron chi connectivity index (χ3n) is 3.42. The van der Waals surface area contributed by atoms with Gasteiger partial charge in [0.25, 0.3) is 18.1 Å². The molecule has 132 valence electrons. The lowest BCUT2D eigenvalue weighted by Gasteiger charge is -2.22. The molecular formula is C14H19N3O7. The van der Waals surface area contributed by atoms with Gasteiger partial charge in [0.2, 0.25) is 0 Å². The monoisotopic (exact) mass is 341 g/mol. The fourth-order valence-corrected chi connectivity index (χ4v) is 1.86. The highest BCUT2D eigenvalue weighted by molar-refractivity contribution is 6.01. The second-order valence-electron chi connectivity index (χ2n) is 6.06. The van der Waals surface area contributed by atoms with Gasteiger partial charge in [-0.2, -0.15) is 10.2 Å². The molecule has 10 nitrogen and oxygen atoms in total. The number of rotatable bonds is 7. The molecule has 1 fully saturated rings. The molecule has 2 aliphatic heterocycles. The highest BCUT2D eigenvalue weighted by atomic mass is 16.9. The minimum Gasteiger partial charge on any atom is -0.425 e. The molecule has 0 aromatic rings. The van der Waals surface area contributed by atoms with Gasteiger partial charge in [0.1, 0.15) is 0 Å². The molecule has 2 amide bonds. The topological polar surface area (TPSA) is 124 Å². The molecular weight excluding hydrogens is 322 g/mol. The van der Waals surface area contributed by atoms with E-state index in [1.807, 2.05) is 0 Å². The van der Waals surface area contributed by atoms with E-state index in [1.54, 1.807) is 20.8 Å². The van der Waals surface area contributed by atoms with E-state index < -0.39 is 35.9 Å². The van der Waals surface area contributed by atoms with E-state index >= 15 is 0 Å². The molecule has 0 radical (unpaired) electrons. The van der Waals surface area contributed by atoms with Gasteiger partial charge < -0.3 is 9.47 Å². The maximum atomic E-state index is 11.8. The molecule has 0 spiro atoms. The lowest BCUT2D eigenvalue weighted by molar-refractivity contribution is -0.199. The van der Waals surface area contributed by atoms with Gasteiger partial charge in [-0.1, -0.05) is 18.9 Å². The van der Waals surface area contributed by atoms with Crippen molar-refractivity contribution in [2.75, 3.05) is 0 Å². The fraction of sp³-hybridized carbons (Fsp3) is 0.714. The number of hydrogen-bond donors (Lipinski definition) is 0. The third kappa shape index (κ3) is 4.74. The molecule has 0 saturated carbocycles. The maximum Gasteiger partial charge on any atom is 0.537 e. The average molecular weight is 341 g/mol. The molecule has 2 rings (SSSR count). The summed E-state index contributed by atoms with van der Waals surface area (Å²) in [6.45, 7) is 5.12. The number of esters is 1. The summed E-state index contributed by atoms with van der Waals surface area (Å²) in [5.74, 6) is -2.17. The lowest BCUT2D eigenvalue weighted by atomic mass is 10.1. The highest BCUT2D eigenvalue weighted by Crippen LogP contribution is 2.32. The molecule has 1 atom stereocenters. The molecule has 24 heavy (non-hydrogen) atoms. The van der Waals surface area contributed by atoms with Crippen molar-refractivity contribution in [3.8, 4) is 0 Å². The van der Waals surface area contributed by atoms with Crippen LogP contribution >= 0.6 is 0 Å². The summed E-state index contributed by atoms with van der Waals surface area (Å²) in [6.07, 6.45) is -2.07. The molecule has 0 bridgehead atoms. The number of imide groups is 1. The fourth-order valence-electron chi connectivity index (χ4n) is 1.86. The van der Waals surface area contributed by atoms with Crippen molar-refractivity contribution in [2.24, 2.45) is 16.1 Å². The van der Waals surface area contributed by atoms with Crippen LogP contribution in [-0.2, 0) is 28.7 Å². The van der Waals surface area contributed by atoms with Crippen molar-refractivity contribution in [2.45, 2.75) is 58.4 Å². The number of hydrogen-bond acceptors (Lipinski definition) is 9. The Morgan fingerprint density at radius 1 is 1.17 bits per heavy atom. The number of amides is 2. The summed E-state index contributed by atoms with van der Waals surface area (Å²) in [7, 11) is 0. The van der Waals surface area contributed by atoms with Crippen LogP contribution in [0.2, 0.25) is 0 Å². The van der Waals surface area contributed by atoms with Crippen molar-refractivity contribution < 1.29 is 33.5 Å². The van der Waals surface area contributed by atoms with Crippen LogP contribution in [0.5, 0.6) is 0 Å². The molecule has 1 saturated heterocycles. The Morgan fingerprint density at radius 3 is 2.25 bits per heavy atom. The largest absolute Gasteiger partial charge is 0.537 e. The van der Waals surface area contributed by atoms with Gasteiger partial charge in [-0.05, 0) is 6.92 Å². The number of nitrogens with zero attached hydrogens (tertiary/aromatic N) is 3. The maximum absolute atomic E-state index is 11.8. The summed E-state index contributed by atoms with van der Waals surface area (Å²) >= 11 is 0. The van der Waals surface area contributed by atoms with Crippen LogP contribution in [0.1, 0.15) is 46.5 Å². The number of carbonyl (C=O) groups excluding carboxylic acids is 4. The number of ether oxygens (including phenoxy) is 2. The Balaban J connectivity index is 1.81. The van der Waals surface area contributed by atoms with E-state index in [4.69, 9.17) is 9.47 Å². The Hall–Kier alpha value is -2.52. The predicted octanol–water partition coefficient (Wildman–Crippen LogP) is 1.69.